The normalized spacial score (nSPS) is 27.4. The second-order valence-electron chi connectivity index (χ2n) is 5.97. The molecule has 2 fully saturated rings. The third kappa shape index (κ3) is 3.00. The molecule has 0 saturated carbocycles. The molecule has 3 rings (SSSR count). The summed E-state index contributed by atoms with van der Waals surface area (Å²) in [5.74, 6) is -2.01. The molecular formula is C15H20F2N2O3S. The Morgan fingerprint density at radius 3 is 2.57 bits per heavy atom. The first-order valence-corrected chi connectivity index (χ1v) is 9.22. The average molecular weight is 346 g/mol. The van der Waals surface area contributed by atoms with Crippen LogP contribution in [-0.2, 0) is 14.9 Å². The minimum atomic E-state index is -3.64. The number of hydroxylamine groups is 2. The summed E-state index contributed by atoms with van der Waals surface area (Å²) in [6.45, 7) is 0.887. The maximum absolute atomic E-state index is 14.2. The molecule has 1 aromatic rings. The zero-order valence-electron chi connectivity index (χ0n) is 12.9. The van der Waals surface area contributed by atoms with Crippen LogP contribution in [0.3, 0.4) is 0 Å². The van der Waals surface area contributed by atoms with E-state index in [1.807, 2.05) is 0 Å². The Kier molecular flexibility index (Phi) is 4.68. The van der Waals surface area contributed by atoms with Crippen LogP contribution in [0.2, 0.25) is 0 Å². The first kappa shape index (κ1) is 16.8. The van der Waals surface area contributed by atoms with E-state index in [0.29, 0.717) is 13.1 Å². The van der Waals surface area contributed by atoms with E-state index in [1.54, 1.807) is 7.05 Å². The number of hydrogen-bond acceptors (Lipinski definition) is 4. The van der Waals surface area contributed by atoms with E-state index in [0.717, 1.165) is 25.3 Å². The van der Waals surface area contributed by atoms with Gasteiger partial charge in [-0.2, -0.15) is 5.06 Å². The predicted octanol–water partition coefficient (Wildman–Crippen LogP) is 2.07. The van der Waals surface area contributed by atoms with Crippen LogP contribution < -0.4 is 0 Å². The van der Waals surface area contributed by atoms with Gasteiger partial charge in [0.05, 0.1) is 12.6 Å². The van der Waals surface area contributed by atoms with Gasteiger partial charge in [-0.25, -0.2) is 21.5 Å². The Bertz CT molecular complexity index is 677. The highest BCUT2D eigenvalue weighted by Crippen LogP contribution is 2.37. The number of benzene rings is 1. The number of nitrogens with zero attached hydrogens (tertiary/aromatic N) is 2. The van der Waals surface area contributed by atoms with Gasteiger partial charge < -0.3 is 0 Å². The lowest BCUT2D eigenvalue weighted by atomic mass is 10.0. The molecule has 2 unspecified atom stereocenters. The topological polar surface area (TPSA) is 49.9 Å². The molecule has 0 bridgehead atoms. The first-order valence-electron chi connectivity index (χ1n) is 7.71. The maximum Gasteiger partial charge on any atom is 0.221 e. The summed E-state index contributed by atoms with van der Waals surface area (Å²) in [5.41, 5.74) is 0.00980. The highest BCUT2D eigenvalue weighted by Gasteiger charge is 2.47. The third-order valence-electron chi connectivity index (χ3n) is 4.54. The van der Waals surface area contributed by atoms with E-state index in [9.17, 15) is 17.2 Å². The van der Waals surface area contributed by atoms with Crippen molar-refractivity contribution in [2.24, 2.45) is 0 Å². The van der Waals surface area contributed by atoms with E-state index in [2.05, 4.69) is 0 Å². The highest BCUT2D eigenvalue weighted by atomic mass is 32.2. The lowest BCUT2D eigenvalue weighted by Crippen LogP contribution is -2.44. The lowest BCUT2D eigenvalue weighted by Gasteiger charge is -2.31. The molecule has 2 heterocycles. The zero-order chi connectivity index (χ0) is 16.6. The molecule has 0 N–H and O–H groups in total. The number of hydrogen-bond donors (Lipinski definition) is 0. The van der Waals surface area contributed by atoms with Crippen LogP contribution in [0, 0.1) is 11.6 Å². The minimum absolute atomic E-state index is 0.00980. The van der Waals surface area contributed by atoms with Crippen LogP contribution in [-0.4, -0.2) is 49.8 Å². The van der Waals surface area contributed by atoms with Gasteiger partial charge in [-0.05, 0) is 18.9 Å². The van der Waals surface area contributed by atoms with E-state index in [4.69, 9.17) is 4.84 Å². The van der Waals surface area contributed by atoms with Gasteiger partial charge in [0, 0.05) is 25.7 Å². The largest absolute Gasteiger partial charge is 0.297 e. The van der Waals surface area contributed by atoms with Crippen molar-refractivity contribution in [1.82, 2.24) is 9.37 Å². The summed E-state index contributed by atoms with van der Waals surface area (Å²) in [6.07, 6.45) is 2.65. The van der Waals surface area contributed by atoms with Gasteiger partial charge in [0.15, 0.2) is 11.6 Å². The number of halogens is 2. The highest BCUT2D eigenvalue weighted by molar-refractivity contribution is 7.89. The smallest absolute Gasteiger partial charge is 0.221 e. The van der Waals surface area contributed by atoms with Crippen molar-refractivity contribution < 1.29 is 22.0 Å². The summed E-state index contributed by atoms with van der Waals surface area (Å²) >= 11 is 0. The van der Waals surface area contributed by atoms with Crippen molar-refractivity contribution in [2.75, 3.05) is 26.7 Å². The van der Waals surface area contributed by atoms with E-state index < -0.39 is 32.9 Å². The Morgan fingerprint density at radius 2 is 1.87 bits per heavy atom. The van der Waals surface area contributed by atoms with E-state index >= 15 is 0 Å². The number of sulfonamides is 1. The molecule has 0 spiro atoms. The van der Waals surface area contributed by atoms with Gasteiger partial charge in [0.2, 0.25) is 10.0 Å². The van der Waals surface area contributed by atoms with Gasteiger partial charge >= 0.3 is 0 Å². The molecule has 23 heavy (non-hydrogen) atoms. The third-order valence-corrected chi connectivity index (χ3v) is 6.79. The minimum Gasteiger partial charge on any atom is -0.297 e. The van der Waals surface area contributed by atoms with Gasteiger partial charge in [0.1, 0.15) is 5.25 Å². The van der Waals surface area contributed by atoms with Crippen LogP contribution in [0.1, 0.15) is 30.9 Å². The molecule has 8 heteroatoms. The summed E-state index contributed by atoms with van der Waals surface area (Å²) in [6, 6.07) is 2.94. The van der Waals surface area contributed by atoms with Crippen LogP contribution in [0.5, 0.6) is 0 Å². The molecule has 0 radical (unpaired) electrons. The van der Waals surface area contributed by atoms with Crippen molar-refractivity contribution in [3.8, 4) is 0 Å². The van der Waals surface area contributed by atoms with Crippen molar-refractivity contribution in [2.45, 2.75) is 30.6 Å². The molecule has 2 saturated heterocycles. The lowest BCUT2D eigenvalue weighted by molar-refractivity contribution is -0.111. The van der Waals surface area contributed by atoms with Crippen LogP contribution in [0.15, 0.2) is 18.2 Å². The molecule has 2 atom stereocenters. The second kappa shape index (κ2) is 6.43. The molecular weight excluding hydrogens is 326 g/mol. The van der Waals surface area contributed by atoms with E-state index in [-0.39, 0.29) is 12.2 Å². The fourth-order valence-electron chi connectivity index (χ4n) is 3.30. The van der Waals surface area contributed by atoms with Crippen LogP contribution in [0.4, 0.5) is 8.78 Å². The fraction of sp³-hybridized carbons (Fsp3) is 0.600. The molecule has 1 aromatic carbocycles. The molecule has 128 valence electrons. The first-order chi connectivity index (χ1) is 10.9. The van der Waals surface area contributed by atoms with Crippen molar-refractivity contribution in [1.29, 1.82) is 0 Å². The molecule has 0 aliphatic carbocycles. The number of rotatable bonds is 3. The van der Waals surface area contributed by atoms with Crippen molar-refractivity contribution in [3.63, 3.8) is 0 Å². The van der Waals surface area contributed by atoms with Gasteiger partial charge in [0.25, 0.3) is 0 Å². The number of piperidine rings is 1. The monoisotopic (exact) mass is 346 g/mol. The predicted molar refractivity (Wildman–Crippen MR) is 80.9 cm³/mol. The fourth-order valence-corrected chi connectivity index (χ4v) is 5.33. The quantitative estimate of drug-likeness (QED) is 0.841. The average Bonchev–Trinajstić information content (AvgIpc) is 2.93. The second-order valence-corrected chi connectivity index (χ2v) is 8.12. The summed E-state index contributed by atoms with van der Waals surface area (Å²) < 4.78 is 55.0. The molecule has 2 aliphatic rings. The van der Waals surface area contributed by atoms with E-state index in [1.165, 1.54) is 21.5 Å². The Balaban J connectivity index is 1.96. The van der Waals surface area contributed by atoms with Crippen molar-refractivity contribution >= 4 is 10.0 Å². The standard InChI is InChI=1S/C15H20F2N2O3S/c1-18-15(11-6-5-7-12(16)14(11)17)13(10-22-18)23(20,21)19-8-3-2-4-9-19/h5-7,13,15H,2-4,8-10H2,1H3. The van der Waals surface area contributed by atoms with Crippen molar-refractivity contribution in [3.05, 3.63) is 35.4 Å². The SMILES string of the molecule is CN1OCC(S(=O)(=O)N2CCCCC2)C1c1cccc(F)c1F. The summed E-state index contributed by atoms with van der Waals surface area (Å²) in [5, 5.41) is 0.367. The zero-order valence-corrected chi connectivity index (χ0v) is 13.7. The van der Waals surface area contributed by atoms with Gasteiger partial charge in [-0.1, -0.05) is 18.6 Å². The van der Waals surface area contributed by atoms with Gasteiger partial charge in [-0.15, -0.1) is 0 Å². The Labute approximate surface area is 134 Å². The Hall–Kier alpha value is -1.09. The summed E-state index contributed by atoms with van der Waals surface area (Å²) in [4.78, 5) is 5.34. The Morgan fingerprint density at radius 1 is 1.17 bits per heavy atom. The van der Waals surface area contributed by atoms with Gasteiger partial charge in [-0.3, -0.25) is 4.84 Å². The molecule has 0 amide bonds. The maximum atomic E-state index is 14.2. The van der Waals surface area contributed by atoms with Crippen LogP contribution >= 0.6 is 0 Å². The van der Waals surface area contributed by atoms with Crippen LogP contribution in [0.25, 0.3) is 0 Å². The molecule has 5 nitrogen and oxygen atoms in total. The molecule has 0 aromatic heterocycles. The summed E-state index contributed by atoms with van der Waals surface area (Å²) in [7, 11) is -2.10. The molecule has 2 aliphatic heterocycles.